The molecule has 31 heavy (non-hydrogen) atoms. The second-order valence-electron chi connectivity index (χ2n) is 7.16. The van der Waals surface area contributed by atoms with Gasteiger partial charge in [-0.3, -0.25) is 9.52 Å². The molecule has 0 bridgehead atoms. The normalized spacial score (nSPS) is 11.3. The van der Waals surface area contributed by atoms with Crippen molar-refractivity contribution < 1.29 is 13.2 Å². The molecule has 0 fully saturated rings. The van der Waals surface area contributed by atoms with E-state index in [1.165, 1.54) is 6.08 Å². The first-order valence-electron chi connectivity index (χ1n) is 9.73. The molecule has 0 saturated carbocycles. The third-order valence-electron chi connectivity index (χ3n) is 4.52. The first kappa shape index (κ1) is 22.1. The van der Waals surface area contributed by atoms with Gasteiger partial charge in [-0.2, -0.15) is 0 Å². The van der Waals surface area contributed by atoms with E-state index in [2.05, 4.69) is 10.0 Å². The molecule has 3 rings (SSSR count). The molecule has 7 heteroatoms. The maximum Gasteiger partial charge on any atom is 0.255 e. The van der Waals surface area contributed by atoms with E-state index in [0.29, 0.717) is 23.5 Å². The van der Waals surface area contributed by atoms with Gasteiger partial charge >= 0.3 is 0 Å². The number of carbonyl (C=O) groups is 1. The lowest BCUT2D eigenvalue weighted by Crippen LogP contribution is -2.25. The Labute approximate surface area is 183 Å². The lowest BCUT2D eigenvalue weighted by molar-refractivity contribution is 0.0951. The number of hydrogen-bond acceptors (Lipinski definition) is 4. The third-order valence-corrected chi connectivity index (χ3v) is 5.53. The zero-order valence-corrected chi connectivity index (χ0v) is 18.3. The van der Waals surface area contributed by atoms with Gasteiger partial charge in [-0.25, -0.2) is 8.42 Å². The highest BCUT2D eigenvalue weighted by Gasteiger charge is 2.15. The summed E-state index contributed by atoms with van der Waals surface area (Å²) in [6, 6.07) is 23.6. The largest absolute Gasteiger partial charge is 0.377 e. The molecule has 3 aromatic rings. The minimum absolute atomic E-state index is 0.284. The average molecular weight is 436 g/mol. The second kappa shape index (κ2) is 9.95. The monoisotopic (exact) mass is 435 g/mol. The van der Waals surface area contributed by atoms with Crippen LogP contribution in [0.5, 0.6) is 0 Å². The topological polar surface area (TPSA) is 78.5 Å². The van der Waals surface area contributed by atoms with Gasteiger partial charge in [-0.05, 0) is 35.4 Å². The lowest BCUT2D eigenvalue weighted by atomic mass is 10.1. The maximum atomic E-state index is 12.8. The molecule has 1 amide bonds. The van der Waals surface area contributed by atoms with Gasteiger partial charge in [0, 0.05) is 32.0 Å². The highest BCUT2D eigenvalue weighted by molar-refractivity contribution is 7.95. The molecule has 0 atom stereocenters. The Bertz CT molecular complexity index is 1160. The molecule has 0 unspecified atom stereocenters. The Morgan fingerprint density at radius 3 is 2.23 bits per heavy atom. The smallest absolute Gasteiger partial charge is 0.255 e. The van der Waals surface area contributed by atoms with Crippen LogP contribution >= 0.6 is 0 Å². The number of benzene rings is 3. The second-order valence-corrected chi connectivity index (χ2v) is 8.72. The maximum absolute atomic E-state index is 12.8. The third kappa shape index (κ3) is 6.45. The fourth-order valence-corrected chi connectivity index (χ4v) is 3.84. The van der Waals surface area contributed by atoms with Gasteiger partial charge < -0.3 is 10.2 Å². The number of anilines is 2. The van der Waals surface area contributed by atoms with Crippen LogP contribution in [0, 0.1) is 0 Å². The van der Waals surface area contributed by atoms with Gasteiger partial charge in [0.25, 0.3) is 15.9 Å². The Kier molecular flexibility index (Phi) is 7.10. The van der Waals surface area contributed by atoms with Gasteiger partial charge in [0.05, 0.1) is 11.0 Å². The van der Waals surface area contributed by atoms with E-state index >= 15 is 0 Å². The molecule has 0 radical (unpaired) electrons. The quantitative estimate of drug-likeness (QED) is 0.559. The number of sulfonamides is 1. The van der Waals surface area contributed by atoms with E-state index in [1.807, 2.05) is 79.7 Å². The molecule has 0 heterocycles. The summed E-state index contributed by atoms with van der Waals surface area (Å²) in [6.07, 6.45) is 1.52. The molecule has 0 aliphatic heterocycles. The van der Waals surface area contributed by atoms with Crippen molar-refractivity contribution in [3.63, 3.8) is 0 Å². The first-order chi connectivity index (χ1) is 14.8. The van der Waals surface area contributed by atoms with Gasteiger partial charge in [-0.15, -0.1) is 0 Å². The van der Waals surface area contributed by atoms with E-state index < -0.39 is 10.0 Å². The molecule has 0 aliphatic carbocycles. The standard InChI is InChI=1S/C24H25N3O3S/c1-27(2)23-14-13-21(26-31(29,30)16-15-19-9-5-3-6-10-19)17-22(23)24(28)25-18-20-11-7-4-8-12-20/h3-17,26H,18H2,1-2H3,(H,25,28)/b16-15+. The van der Waals surface area contributed by atoms with Gasteiger partial charge in [0.1, 0.15) is 0 Å². The molecule has 0 spiro atoms. The summed E-state index contributed by atoms with van der Waals surface area (Å²) < 4.78 is 27.5. The van der Waals surface area contributed by atoms with Crippen LogP contribution in [0.1, 0.15) is 21.5 Å². The van der Waals surface area contributed by atoms with Crippen LogP contribution in [0.3, 0.4) is 0 Å². The summed E-state index contributed by atoms with van der Waals surface area (Å²) in [7, 11) is -0.0813. The predicted octanol–water partition coefficient (Wildman–Crippen LogP) is 4.10. The van der Waals surface area contributed by atoms with Crippen molar-refractivity contribution in [2.75, 3.05) is 23.7 Å². The molecule has 6 nitrogen and oxygen atoms in total. The van der Waals surface area contributed by atoms with Crippen LogP contribution in [0.15, 0.2) is 84.3 Å². The van der Waals surface area contributed by atoms with Gasteiger partial charge in [-0.1, -0.05) is 60.7 Å². The van der Waals surface area contributed by atoms with Crippen LogP contribution in [0.2, 0.25) is 0 Å². The van der Waals surface area contributed by atoms with Gasteiger partial charge in [0.2, 0.25) is 0 Å². The van der Waals surface area contributed by atoms with Crippen molar-refractivity contribution in [2.45, 2.75) is 6.54 Å². The average Bonchev–Trinajstić information content (AvgIpc) is 2.77. The number of rotatable bonds is 8. The SMILES string of the molecule is CN(C)c1ccc(NS(=O)(=O)/C=C/c2ccccc2)cc1C(=O)NCc1ccccc1. The molecule has 3 aromatic carbocycles. The summed E-state index contributed by atoms with van der Waals surface area (Å²) in [6.45, 7) is 0.377. The number of nitrogens with one attached hydrogen (secondary N) is 2. The molecule has 0 saturated heterocycles. The molecule has 160 valence electrons. The summed E-state index contributed by atoms with van der Waals surface area (Å²) in [5, 5.41) is 4.00. The molecule has 0 aromatic heterocycles. The predicted molar refractivity (Wildman–Crippen MR) is 126 cm³/mol. The number of nitrogens with zero attached hydrogens (tertiary/aromatic N) is 1. The van der Waals surface area contributed by atoms with Crippen LogP contribution in [-0.2, 0) is 16.6 Å². The number of carbonyl (C=O) groups excluding carboxylic acids is 1. The Balaban J connectivity index is 1.78. The van der Waals surface area contributed by atoms with Crippen LogP contribution in [-0.4, -0.2) is 28.4 Å². The fourth-order valence-electron chi connectivity index (χ4n) is 2.98. The summed E-state index contributed by atoms with van der Waals surface area (Å²) in [5.41, 5.74) is 3.14. The highest BCUT2D eigenvalue weighted by atomic mass is 32.2. The van der Waals surface area contributed by atoms with E-state index in [4.69, 9.17) is 0 Å². The summed E-state index contributed by atoms with van der Waals surface area (Å²) in [4.78, 5) is 14.7. The van der Waals surface area contributed by atoms with Crippen LogP contribution in [0.4, 0.5) is 11.4 Å². The van der Waals surface area contributed by atoms with Crippen LogP contribution in [0.25, 0.3) is 6.08 Å². The minimum atomic E-state index is -3.74. The highest BCUT2D eigenvalue weighted by Crippen LogP contribution is 2.24. The van der Waals surface area contributed by atoms with E-state index in [-0.39, 0.29) is 5.91 Å². The summed E-state index contributed by atoms with van der Waals surface area (Å²) >= 11 is 0. The van der Waals surface area contributed by atoms with E-state index in [1.54, 1.807) is 18.2 Å². The molecule has 0 aliphatic rings. The number of amides is 1. The lowest BCUT2D eigenvalue weighted by Gasteiger charge is -2.18. The van der Waals surface area contributed by atoms with E-state index in [0.717, 1.165) is 16.5 Å². The van der Waals surface area contributed by atoms with Crippen LogP contribution < -0.4 is 14.9 Å². The van der Waals surface area contributed by atoms with E-state index in [9.17, 15) is 13.2 Å². The zero-order valence-electron chi connectivity index (χ0n) is 17.4. The number of hydrogen-bond donors (Lipinski definition) is 2. The molecule has 2 N–H and O–H groups in total. The van der Waals surface area contributed by atoms with Crippen molar-refractivity contribution in [3.8, 4) is 0 Å². The fraction of sp³-hybridized carbons (Fsp3) is 0.125. The Morgan fingerprint density at radius 1 is 0.935 bits per heavy atom. The zero-order chi connectivity index (χ0) is 22.3. The Morgan fingerprint density at radius 2 is 1.58 bits per heavy atom. The van der Waals surface area contributed by atoms with Gasteiger partial charge in [0.15, 0.2) is 0 Å². The first-order valence-corrected chi connectivity index (χ1v) is 11.3. The van der Waals surface area contributed by atoms with Crippen molar-refractivity contribution >= 4 is 33.4 Å². The van der Waals surface area contributed by atoms with Crippen molar-refractivity contribution in [3.05, 3.63) is 101 Å². The molecular weight excluding hydrogens is 410 g/mol. The van der Waals surface area contributed by atoms with Crippen molar-refractivity contribution in [1.82, 2.24) is 5.32 Å². The molecular formula is C24H25N3O3S. The summed E-state index contributed by atoms with van der Waals surface area (Å²) in [5.74, 6) is -0.284. The van der Waals surface area contributed by atoms with Crippen molar-refractivity contribution in [2.24, 2.45) is 0 Å². The minimum Gasteiger partial charge on any atom is -0.377 e. The Hall–Kier alpha value is -3.58. The van der Waals surface area contributed by atoms with Crippen molar-refractivity contribution in [1.29, 1.82) is 0 Å².